The largest absolute Gasteiger partial charge is 0.463 e. The summed E-state index contributed by atoms with van der Waals surface area (Å²) in [6.07, 6.45) is 0. The van der Waals surface area contributed by atoms with Gasteiger partial charge >= 0.3 is 5.97 Å². The molecule has 0 saturated carbocycles. The lowest BCUT2D eigenvalue weighted by molar-refractivity contribution is -0.384. The number of amides is 1. The molecule has 0 radical (unpaired) electrons. The molecule has 0 unspecified atom stereocenters. The minimum atomic E-state index is -0.738. The van der Waals surface area contributed by atoms with Crippen molar-refractivity contribution < 1.29 is 19.2 Å². The van der Waals surface area contributed by atoms with Gasteiger partial charge < -0.3 is 4.74 Å². The first kappa shape index (κ1) is 14.1. The van der Waals surface area contributed by atoms with Gasteiger partial charge in [0.1, 0.15) is 0 Å². The number of benzene rings is 1. The number of nitro groups is 1. The van der Waals surface area contributed by atoms with Gasteiger partial charge in [0, 0.05) is 17.7 Å². The minimum absolute atomic E-state index is 0.0635. The lowest BCUT2D eigenvalue weighted by atomic mass is 10.2. The van der Waals surface area contributed by atoms with Gasteiger partial charge in [-0.1, -0.05) is 6.07 Å². The molecule has 0 atom stereocenters. The van der Waals surface area contributed by atoms with Crippen molar-refractivity contribution >= 4 is 23.5 Å². The van der Waals surface area contributed by atoms with Crippen LogP contribution < -0.4 is 5.32 Å². The molecule has 0 saturated heterocycles. The van der Waals surface area contributed by atoms with Crippen LogP contribution in [0, 0.1) is 10.1 Å². The van der Waals surface area contributed by atoms with Crippen LogP contribution >= 0.6 is 0 Å². The van der Waals surface area contributed by atoms with E-state index in [-0.39, 0.29) is 23.0 Å². The Morgan fingerprint density at radius 1 is 1.43 bits per heavy atom. The molecule has 2 rings (SSSR count). The van der Waals surface area contributed by atoms with Crippen LogP contribution in [-0.4, -0.2) is 39.1 Å². The highest BCUT2D eigenvalue weighted by atomic mass is 16.6. The summed E-state index contributed by atoms with van der Waals surface area (Å²) in [5.41, 5.74) is -0.151. The molecule has 0 fully saturated rings. The van der Waals surface area contributed by atoms with Crippen molar-refractivity contribution in [3.63, 3.8) is 0 Å². The fourth-order valence-corrected chi connectivity index (χ4v) is 1.44. The molecule has 0 aliphatic heterocycles. The number of carbonyl (C=O) groups excluding carboxylic acids is 2. The maximum Gasteiger partial charge on any atom is 0.375 e. The fraction of sp³-hybridized carbons (Fsp3) is 0.0909. The highest BCUT2D eigenvalue weighted by Gasteiger charge is 2.16. The number of anilines is 1. The number of H-pyrrole nitrogens is 1. The van der Waals surface area contributed by atoms with Gasteiger partial charge in [0.2, 0.25) is 11.8 Å². The number of nitrogens with one attached hydrogen (secondary N) is 2. The van der Waals surface area contributed by atoms with Crippen LogP contribution in [0.2, 0.25) is 0 Å². The molecular weight excluding hydrogens is 282 g/mol. The third-order valence-electron chi connectivity index (χ3n) is 2.41. The van der Waals surface area contributed by atoms with Gasteiger partial charge in [-0.2, -0.15) is 4.98 Å². The van der Waals surface area contributed by atoms with E-state index < -0.39 is 16.8 Å². The zero-order valence-electron chi connectivity index (χ0n) is 10.7. The predicted octanol–water partition coefficient (Wildman–Crippen LogP) is 0.752. The van der Waals surface area contributed by atoms with E-state index in [9.17, 15) is 19.7 Å². The van der Waals surface area contributed by atoms with Crippen molar-refractivity contribution in [1.29, 1.82) is 0 Å². The van der Waals surface area contributed by atoms with Crippen LogP contribution in [0.1, 0.15) is 21.0 Å². The number of esters is 1. The zero-order chi connectivity index (χ0) is 15.4. The van der Waals surface area contributed by atoms with E-state index in [0.29, 0.717) is 0 Å². The first-order valence-corrected chi connectivity index (χ1v) is 5.58. The van der Waals surface area contributed by atoms with Crippen LogP contribution in [0.3, 0.4) is 0 Å². The number of methoxy groups -OCH3 is 1. The van der Waals surface area contributed by atoms with Crippen molar-refractivity contribution in [2.24, 2.45) is 0 Å². The average molecular weight is 291 g/mol. The fourth-order valence-electron chi connectivity index (χ4n) is 1.44. The maximum absolute atomic E-state index is 11.9. The third kappa shape index (κ3) is 3.18. The number of rotatable bonds is 4. The summed E-state index contributed by atoms with van der Waals surface area (Å²) in [5, 5.41) is 18.8. The van der Waals surface area contributed by atoms with Gasteiger partial charge in [-0.3, -0.25) is 25.3 Å². The molecule has 0 aliphatic rings. The van der Waals surface area contributed by atoms with E-state index in [4.69, 9.17) is 0 Å². The molecule has 2 N–H and O–H groups in total. The molecule has 1 amide bonds. The van der Waals surface area contributed by atoms with Crippen molar-refractivity contribution in [1.82, 2.24) is 15.2 Å². The number of nitro benzene ring substituents is 1. The third-order valence-corrected chi connectivity index (χ3v) is 2.41. The summed E-state index contributed by atoms with van der Waals surface area (Å²) in [4.78, 5) is 36.8. The standard InChI is InChI=1S/C11H9N5O5/c1-21-10(18)8-12-11(15-14-8)13-9(17)6-3-2-4-7(5-6)16(19)20/h2-5H,1H3,(H2,12,13,14,15,17). The van der Waals surface area contributed by atoms with Crippen molar-refractivity contribution in [3.05, 3.63) is 45.8 Å². The van der Waals surface area contributed by atoms with Gasteiger partial charge in [0.25, 0.3) is 11.6 Å². The van der Waals surface area contributed by atoms with E-state index in [0.717, 1.165) is 6.07 Å². The number of ether oxygens (including phenoxy) is 1. The Morgan fingerprint density at radius 2 is 2.19 bits per heavy atom. The second kappa shape index (κ2) is 5.77. The summed E-state index contributed by atoms with van der Waals surface area (Å²) in [6, 6.07) is 5.16. The second-order valence-corrected chi connectivity index (χ2v) is 3.76. The summed E-state index contributed by atoms with van der Waals surface area (Å²) < 4.78 is 4.42. The summed E-state index contributed by atoms with van der Waals surface area (Å²) in [6.45, 7) is 0. The van der Waals surface area contributed by atoms with Crippen LogP contribution in [0.4, 0.5) is 11.6 Å². The van der Waals surface area contributed by atoms with Crippen LogP contribution in [0.15, 0.2) is 24.3 Å². The Bertz CT molecular complexity index is 711. The number of hydrogen-bond acceptors (Lipinski definition) is 7. The van der Waals surface area contributed by atoms with Crippen LogP contribution in [0.25, 0.3) is 0 Å². The number of aromatic amines is 1. The number of carbonyl (C=O) groups is 2. The van der Waals surface area contributed by atoms with Crippen molar-refractivity contribution in [2.75, 3.05) is 12.4 Å². The Hall–Kier alpha value is -3.30. The highest BCUT2D eigenvalue weighted by molar-refractivity contribution is 6.03. The lowest BCUT2D eigenvalue weighted by Crippen LogP contribution is -2.13. The van der Waals surface area contributed by atoms with Gasteiger partial charge in [0.05, 0.1) is 12.0 Å². The quantitative estimate of drug-likeness (QED) is 0.481. The Balaban J connectivity index is 2.14. The summed E-state index contributed by atoms with van der Waals surface area (Å²) in [5.74, 6) is -1.70. The predicted molar refractivity (Wildman–Crippen MR) is 68.8 cm³/mol. The Morgan fingerprint density at radius 3 is 2.86 bits per heavy atom. The summed E-state index contributed by atoms with van der Waals surface area (Å²) >= 11 is 0. The molecule has 0 aliphatic carbocycles. The van der Waals surface area contributed by atoms with Crippen molar-refractivity contribution in [2.45, 2.75) is 0 Å². The molecule has 21 heavy (non-hydrogen) atoms. The molecular formula is C11H9N5O5. The molecule has 108 valence electrons. The average Bonchev–Trinajstić information content (AvgIpc) is 2.95. The minimum Gasteiger partial charge on any atom is -0.463 e. The first-order valence-electron chi connectivity index (χ1n) is 5.58. The topological polar surface area (TPSA) is 140 Å². The number of hydrogen-bond donors (Lipinski definition) is 2. The molecule has 0 bridgehead atoms. The van der Waals surface area contributed by atoms with Gasteiger partial charge in [-0.15, -0.1) is 5.10 Å². The molecule has 1 heterocycles. The van der Waals surface area contributed by atoms with E-state index in [1.165, 1.54) is 25.3 Å². The number of non-ortho nitro benzene ring substituents is 1. The molecule has 1 aromatic carbocycles. The number of aromatic nitrogens is 3. The molecule has 10 heteroatoms. The molecule has 2 aromatic rings. The Kier molecular flexibility index (Phi) is 3.88. The molecule has 0 spiro atoms. The van der Waals surface area contributed by atoms with Crippen LogP contribution in [0.5, 0.6) is 0 Å². The first-order chi connectivity index (χ1) is 10.0. The lowest BCUT2D eigenvalue weighted by Gasteiger charge is -2.00. The van der Waals surface area contributed by atoms with E-state index in [1.54, 1.807) is 0 Å². The Labute approximate surface area is 117 Å². The highest BCUT2D eigenvalue weighted by Crippen LogP contribution is 2.14. The van der Waals surface area contributed by atoms with E-state index >= 15 is 0 Å². The monoisotopic (exact) mass is 291 g/mol. The number of nitrogens with zero attached hydrogens (tertiary/aromatic N) is 3. The second-order valence-electron chi connectivity index (χ2n) is 3.76. The molecule has 1 aromatic heterocycles. The van der Waals surface area contributed by atoms with E-state index in [2.05, 4.69) is 25.2 Å². The van der Waals surface area contributed by atoms with Crippen LogP contribution in [-0.2, 0) is 4.74 Å². The molecule has 10 nitrogen and oxygen atoms in total. The zero-order valence-corrected chi connectivity index (χ0v) is 10.7. The summed E-state index contributed by atoms with van der Waals surface area (Å²) in [7, 11) is 1.17. The smallest absolute Gasteiger partial charge is 0.375 e. The van der Waals surface area contributed by atoms with Crippen molar-refractivity contribution in [3.8, 4) is 0 Å². The van der Waals surface area contributed by atoms with Gasteiger partial charge in [-0.05, 0) is 6.07 Å². The van der Waals surface area contributed by atoms with E-state index in [1.807, 2.05) is 0 Å². The maximum atomic E-state index is 11.9. The SMILES string of the molecule is COC(=O)c1nc(NC(=O)c2cccc([N+](=O)[O-])c2)n[nH]1. The normalized spacial score (nSPS) is 9.95. The van der Waals surface area contributed by atoms with Gasteiger partial charge in [0.15, 0.2) is 0 Å². The van der Waals surface area contributed by atoms with Gasteiger partial charge in [-0.25, -0.2) is 4.79 Å².